The maximum atomic E-state index is 13.1. The molecular formula is C24H28N2O2S. The predicted molar refractivity (Wildman–Crippen MR) is 118 cm³/mol. The molecule has 1 unspecified atom stereocenters. The Morgan fingerprint density at radius 2 is 1.97 bits per heavy atom. The summed E-state index contributed by atoms with van der Waals surface area (Å²) in [6.45, 7) is 9.16. The van der Waals surface area contributed by atoms with Crippen LogP contribution in [-0.2, 0) is 13.2 Å². The molecule has 0 aliphatic heterocycles. The van der Waals surface area contributed by atoms with Crippen LogP contribution < -0.4 is 4.74 Å². The van der Waals surface area contributed by atoms with Gasteiger partial charge in [0.25, 0.3) is 5.91 Å². The molecule has 1 aromatic heterocycles. The van der Waals surface area contributed by atoms with E-state index in [1.807, 2.05) is 72.7 Å². The smallest absolute Gasteiger partial charge is 0.254 e. The van der Waals surface area contributed by atoms with E-state index in [9.17, 15) is 4.79 Å². The van der Waals surface area contributed by atoms with Crippen LogP contribution in [-0.4, -0.2) is 21.8 Å². The third kappa shape index (κ3) is 5.45. The van der Waals surface area contributed by atoms with Crippen molar-refractivity contribution in [1.29, 1.82) is 0 Å². The van der Waals surface area contributed by atoms with Crippen LogP contribution in [0.3, 0.4) is 0 Å². The van der Waals surface area contributed by atoms with Crippen molar-refractivity contribution in [3.8, 4) is 5.75 Å². The number of hydrogen-bond acceptors (Lipinski definition) is 4. The molecule has 29 heavy (non-hydrogen) atoms. The number of ether oxygens (including phenoxy) is 1. The van der Waals surface area contributed by atoms with Gasteiger partial charge in [-0.05, 0) is 51.0 Å². The normalized spacial score (nSPS) is 11.9. The van der Waals surface area contributed by atoms with E-state index in [1.165, 1.54) is 0 Å². The van der Waals surface area contributed by atoms with E-state index in [-0.39, 0.29) is 11.9 Å². The molecule has 0 spiro atoms. The standard InChI is InChI=1S/C24H28N2O2S/c1-5-19(4)26(24(27)20-11-8-9-17(2)13-20)14-21-16-29-23(25-21)15-28-22-12-7-6-10-18(22)3/h6-13,16,19H,5,14-15H2,1-4H3. The molecule has 5 heteroatoms. The summed E-state index contributed by atoms with van der Waals surface area (Å²) in [5.74, 6) is 0.925. The number of amides is 1. The summed E-state index contributed by atoms with van der Waals surface area (Å²) >= 11 is 1.57. The van der Waals surface area contributed by atoms with Crippen LogP contribution in [0.1, 0.15) is 52.5 Å². The highest BCUT2D eigenvalue weighted by Crippen LogP contribution is 2.21. The first-order chi connectivity index (χ1) is 14.0. The van der Waals surface area contributed by atoms with Gasteiger partial charge in [0.2, 0.25) is 0 Å². The molecule has 0 radical (unpaired) electrons. The SMILES string of the molecule is CCC(C)N(Cc1csc(COc2ccccc2C)n1)C(=O)c1cccc(C)c1. The summed E-state index contributed by atoms with van der Waals surface area (Å²) in [6.07, 6.45) is 0.894. The van der Waals surface area contributed by atoms with Crippen molar-refractivity contribution >= 4 is 17.2 Å². The van der Waals surface area contributed by atoms with Gasteiger partial charge in [0.05, 0.1) is 12.2 Å². The summed E-state index contributed by atoms with van der Waals surface area (Å²) in [5, 5.41) is 2.94. The predicted octanol–water partition coefficient (Wildman–Crippen LogP) is 5.78. The molecule has 0 saturated heterocycles. The van der Waals surface area contributed by atoms with Crippen molar-refractivity contribution in [3.05, 3.63) is 81.3 Å². The molecule has 2 aromatic carbocycles. The second-order valence-electron chi connectivity index (χ2n) is 7.35. The molecule has 3 aromatic rings. The first kappa shape index (κ1) is 21.1. The van der Waals surface area contributed by atoms with Crippen LogP contribution in [0.4, 0.5) is 0 Å². The van der Waals surface area contributed by atoms with E-state index in [2.05, 4.69) is 13.8 Å². The number of para-hydroxylation sites is 1. The zero-order valence-electron chi connectivity index (χ0n) is 17.5. The Hall–Kier alpha value is -2.66. The van der Waals surface area contributed by atoms with E-state index >= 15 is 0 Å². The zero-order valence-corrected chi connectivity index (χ0v) is 18.3. The largest absolute Gasteiger partial charge is 0.486 e. The number of hydrogen-bond donors (Lipinski definition) is 0. The highest BCUT2D eigenvalue weighted by Gasteiger charge is 2.22. The van der Waals surface area contributed by atoms with Crippen molar-refractivity contribution in [2.24, 2.45) is 0 Å². The Kier molecular flexibility index (Phi) is 7.04. The molecule has 152 valence electrons. The molecule has 0 aliphatic rings. The Bertz CT molecular complexity index is 967. The number of aromatic nitrogens is 1. The lowest BCUT2D eigenvalue weighted by molar-refractivity contribution is 0.0669. The van der Waals surface area contributed by atoms with Gasteiger partial charge in [-0.25, -0.2) is 4.98 Å². The number of nitrogens with zero attached hydrogens (tertiary/aromatic N) is 2. The molecule has 0 aliphatic carbocycles. The molecular weight excluding hydrogens is 380 g/mol. The highest BCUT2D eigenvalue weighted by molar-refractivity contribution is 7.09. The minimum atomic E-state index is 0.0498. The second kappa shape index (κ2) is 9.70. The van der Waals surface area contributed by atoms with Gasteiger partial charge in [0, 0.05) is 17.0 Å². The molecule has 0 N–H and O–H groups in total. The van der Waals surface area contributed by atoms with Crippen molar-refractivity contribution in [1.82, 2.24) is 9.88 Å². The van der Waals surface area contributed by atoms with Crippen LogP contribution in [0, 0.1) is 13.8 Å². The van der Waals surface area contributed by atoms with Crippen molar-refractivity contribution < 1.29 is 9.53 Å². The van der Waals surface area contributed by atoms with Gasteiger partial charge in [-0.2, -0.15) is 0 Å². The lowest BCUT2D eigenvalue weighted by Gasteiger charge is -2.28. The molecule has 3 rings (SSSR count). The average molecular weight is 409 g/mol. The Balaban J connectivity index is 1.70. The van der Waals surface area contributed by atoms with Crippen molar-refractivity contribution in [3.63, 3.8) is 0 Å². The van der Waals surface area contributed by atoms with Gasteiger partial charge in [-0.15, -0.1) is 11.3 Å². The highest BCUT2D eigenvalue weighted by atomic mass is 32.1. The quantitative estimate of drug-likeness (QED) is 0.474. The van der Waals surface area contributed by atoms with Gasteiger partial charge >= 0.3 is 0 Å². The van der Waals surface area contributed by atoms with Crippen LogP contribution in [0.2, 0.25) is 0 Å². The van der Waals surface area contributed by atoms with Crippen molar-refractivity contribution in [2.45, 2.75) is 53.3 Å². The van der Waals surface area contributed by atoms with Gasteiger partial charge < -0.3 is 9.64 Å². The number of benzene rings is 2. The molecule has 0 saturated carbocycles. The lowest BCUT2D eigenvalue weighted by atomic mass is 10.1. The third-order valence-corrected chi connectivity index (χ3v) is 5.90. The summed E-state index contributed by atoms with van der Waals surface area (Å²) in [5.41, 5.74) is 3.82. The fourth-order valence-electron chi connectivity index (χ4n) is 3.11. The van der Waals surface area contributed by atoms with E-state index in [0.717, 1.165) is 39.6 Å². The van der Waals surface area contributed by atoms with E-state index in [4.69, 9.17) is 9.72 Å². The molecule has 1 amide bonds. The minimum Gasteiger partial charge on any atom is -0.486 e. The number of rotatable bonds is 8. The van der Waals surface area contributed by atoms with E-state index in [1.54, 1.807) is 11.3 Å². The fourth-order valence-corrected chi connectivity index (χ4v) is 3.81. The van der Waals surface area contributed by atoms with Crippen LogP contribution in [0.5, 0.6) is 5.75 Å². The first-order valence-electron chi connectivity index (χ1n) is 9.97. The average Bonchev–Trinajstić information content (AvgIpc) is 3.18. The number of thiazole rings is 1. The summed E-state index contributed by atoms with van der Waals surface area (Å²) < 4.78 is 5.91. The van der Waals surface area contributed by atoms with E-state index < -0.39 is 0 Å². The topological polar surface area (TPSA) is 42.4 Å². The summed E-state index contributed by atoms with van der Waals surface area (Å²) in [6, 6.07) is 15.9. The lowest BCUT2D eigenvalue weighted by Crippen LogP contribution is -2.38. The van der Waals surface area contributed by atoms with Crippen LogP contribution >= 0.6 is 11.3 Å². The van der Waals surface area contributed by atoms with E-state index in [0.29, 0.717) is 13.2 Å². The van der Waals surface area contributed by atoms with Gasteiger partial charge in [-0.3, -0.25) is 4.79 Å². The third-order valence-electron chi connectivity index (χ3n) is 5.03. The Labute approximate surface area is 177 Å². The molecule has 0 bridgehead atoms. The number of carbonyl (C=O) groups excluding carboxylic acids is 1. The van der Waals surface area contributed by atoms with Gasteiger partial charge in [-0.1, -0.05) is 42.8 Å². The summed E-state index contributed by atoms with van der Waals surface area (Å²) in [4.78, 5) is 19.8. The fraction of sp³-hybridized carbons (Fsp3) is 0.333. The molecule has 1 heterocycles. The second-order valence-corrected chi connectivity index (χ2v) is 8.29. The number of aryl methyl sites for hydroxylation is 2. The molecule has 4 nitrogen and oxygen atoms in total. The number of carbonyl (C=O) groups is 1. The zero-order chi connectivity index (χ0) is 20.8. The Morgan fingerprint density at radius 3 is 2.69 bits per heavy atom. The monoisotopic (exact) mass is 408 g/mol. The van der Waals surface area contributed by atoms with Gasteiger partial charge in [0.1, 0.15) is 17.4 Å². The maximum absolute atomic E-state index is 13.1. The summed E-state index contributed by atoms with van der Waals surface area (Å²) in [7, 11) is 0. The first-order valence-corrected chi connectivity index (χ1v) is 10.8. The molecule has 1 atom stereocenters. The molecule has 0 fully saturated rings. The maximum Gasteiger partial charge on any atom is 0.254 e. The van der Waals surface area contributed by atoms with Crippen LogP contribution in [0.15, 0.2) is 53.9 Å². The Morgan fingerprint density at radius 1 is 1.17 bits per heavy atom. The van der Waals surface area contributed by atoms with Crippen molar-refractivity contribution in [2.75, 3.05) is 0 Å². The van der Waals surface area contributed by atoms with Gasteiger partial charge in [0.15, 0.2) is 0 Å². The van der Waals surface area contributed by atoms with Crippen LogP contribution in [0.25, 0.3) is 0 Å². The minimum absolute atomic E-state index is 0.0498.